The molecule has 3 N–H and O–H groups in total. The van der Waals surface area contributed by atoms with Gasteiger partial charge in [0.05, 0.1) is 19.7 Å². The average Bonchev–Trinajstić information content (AvgIpc) is 2.95. The van der Waals surface area contributed by atoms with Crippen LogP contribution in [-0.2, 0) is 14.3 Å². The number of hydrogen-bond donors (Lipinski definition) is 3. The van der Waals surface area contributed by atoms with Crippen molar-refractivity contribution in [1.29, 1.82) is 5.26 Å². The van der Waals surface area contributed by atoms with Gasteiger partial charge in [0.2, 0.25) is 0 Å². The zero-order valence-electron chi connectivity index (χ0n) is 23.3. The largest absolute Gasteiger partial charge is 0.453 e. The van der Waals surface area contributed by atoms with Crippen molar-refractivity contribution in [3.63, 3.8) is 0 Å². The van der Waals surface area contributed by atoms with Gasteiger partial charge in [0.25, 0.3) is 5.91 Å². The predicted octanol–water partition coefficient (Wildman–Crippen LogP) is 1.53. The molecule has 216 valence electrons. The van der Waals surface area contributed by atoms with Gasteiger partial charge in [-0.2, -0.15) is 5.26 Å². The molecule has 3 amide bonds. The summed E-state index contributed by atoms with van der Waals surface area (Å²) in [4.78, 5) is 43.0. The van der Waals surface area contributed by atoms with Crippen molar-refractivity contribution < 1.29 is 33.9 Å². The van der Waals surface area contributed by atoms with Gasteiger partial charge < -0.3 is 34.6 Å². The average molecular weight is 555 g/mol. The van der Waals surface area contributed by atoms with Crippen molar-refractivity contribution in [3.8, 4) is 6.07 Å². The number of carbonyl (C=O) groups excluding carboxylic acids is 3. The quantitative estimate of drug-likeness (QED) is 0.246. The van der Waals surface area contributed by atoms with Crippen molar-refractivity contribution >= 4 is 25.2 Å². The van der Waals surface area contributed by atoms with Gasteiger partial charge in [-0.25, -0.2) is 9.59 Å². The molecule has 2 fully saturated rings. The van der Waals surface area contributed by atoms with E-state index in [1.54, 1.807) is 35.2 Å². The molecular weight excluding hydrogens is 517 g/mol. The Balaban J connectivity index is 1.60. The third kappa shape index (κ3) is 8.45. The van der Waals surface area contributed by atoms with E-state index in [4.69, 9.17) is 9.47 Å². The second-order valence-corrected chi connectivity index (χ2v) is 10.5. The molecule has 0 saturated carbocycles. The van der Waals surface area contributed by atoms with Crippen molar-refractivity contribution in [3.05, 3.63) is 47.5 Å². The number of benzene rings is 1. The van der Waals surface area contributed by atoms with Crippen LogP contribution in [-0.4, -0.2) is 108 Å². The lowest BCUT2D eigenvalue weighted by Gasteiger charge is -2.42. The summed E-state index contributed by atoms with van der Waals surface area (Å²) in [7, 11) is -0.274. The number of ether oxygens (including phenoxy) is 2. The number of alkyl carbamates (subject to hydrolysis) is 1. The molecule has 13 heteroatoms. The first-order valence-electron chi connectivity index (χ1n) is 13.4. The Kier molecular flexibility index (Phi) is 11.0. The zero-order chi connectivity index (χ0) is 29.3. The fourth-order valence-electron chi connectivity index (χ4n) is 5.07. The Morgan fingerprint density at radius 3 is 2.42 bits per heavy atom. The van der Waals surface area contributed by atoms with E-state index in [0.717, 1.165) is 0 Å². The van der Waals surface area contributed by atoms with Crippen LogP contribution in [0.3, 0.4) is 0 Å². The van der Waals surface area contributed by atoms with E-state index in [1.807, 2.05) is 26.0 Å². The van der Waals surface area contributed by atoms with Crippen LogP contribution in [0.4, 0.5) is 9.59 Å². The molecule has 2 aliphatic rings. The Hall–Kier alpha value is -3.60. The number of nitrogens with zero attached hydrogens (tertiary/aromatic N) is 4. The molecule has 0 aliphatic carbocycles. The second-order valence-electron chi connectivity index (χ2n) is 10.5. The van der Waals surface area contributed by atoms with Gasteiger partial charge >= 0.3 is 19.3 Å². The molecule has 2 heterocycles. The molecule has 40 heavy (non-hydrogen) atoms. The lowest BCUT2D eigenvalue weighted by atomic mass is 9.79. The summed E-state index contributed by atoms with van der Waals surface area (Å²) in [6, 6.07) is 10.3. The number of rotatable bonds is 8. The summed E-state index contributed by atoms with van der Waals surface area (Å²) < 4.78 is 10.4. The van der Waals surface area contributed by atoms with Gasteiger partial charge in [0.1, 0.15) is 17.7 Å². The third-order valence-electron chi connectivity index (χ3n) is 7.26. The topological polar surface area (TPSA) is 156 Å². The van der Waals surface area contributed by atoms with Crippen molar-refractivity contribution in [2.75, 3.05) is 46.4 Å². The van der Waals surface area contributed by atoms with E-state index in [1.165, 1.54) is 12.0 Å². The van der Waals surface area contributed by atoms with E-state index in [0.29, 0.717) is 51.1 Å². The highest BCUT2D eigenvalue weighted by Gasteiger charge is 2.34. The predicted molar refractivity (Wildman–Crippen MR) is 147 cm³/mol. The smallest absolute Gasteiger partial charge is 0.453 e. The van der Waals surface area contributed by atoms with Crippen LogP contribution >= 0.6 is 0 Å². The minimum absolute atomic E-state index is 0.00609. The van der Waals surface area contributed by atoms with Gasteiger partial charge in [0, 0.05) is 44.6 Å². The number of piperidine rings is 1. The van der Waals surface area contributed by atoms with Crippen LogP contribution in [0.15, 0.2) is 42.0 Å². The Labute approximate surface area is 235 Å². The van der Waals surface area contributed by atoms with E-state index < -0.39 is 36.8 Å². The molecule has 0 spiro atoms. The standard InChI is InChI=1S/C27H38BN5O7/c1-27(2,33-14-12-31(13-15-33)26(36)39-3)16-21(18-29)24(34)32-11-7-10-22(19-32)40-25(35)30-23(17-28(37)38)20-8-5-4-6-9-20/h4-6,8-9,16,22-23,37-38H,7,10-15,17,19H2,1-3H3,(H,30,35)/t22-,23+/m0/s1. The number of methoxy groups -OCH3 is 1. The van der Waals surface area contributed by atoms with Gasteiger partial charge in [-0.1, -0.05) is 30.3 Å². The maximum atomic E-state index is 13.3. The van der Waals surface area contributed by atoms with Crippen LogP contribution in [0.25, 0.3) is 0 Å². The lowest BCUT2D eigenvalue weighted by Crippen LogP contribution is -2.55. The maximum Gasteiger partial charge on any atom is 0.453 e. The molecular formula is C27H38BN5O7. The molecule has 2 saturated heterocycles. The Morgan fingerprint density at radius 1 is 1.15 bits per heavy atom. The summed E-state index contributed by atoms with van der Waals surface area (Å²) in [6.45, 7) is 6.51. The van der Waals surface area contributed by atoms with Gasteiger partial charge in [-0.3, -0.25) is 9.69 Å². The number of nitriles is 1. The molecule has 0 unspecified atom stereocenters. The van der Waals surface area contributed by atoms with Gasteiger partial charge in [-0.15, -0.1) is 0 Å². The molecule has 0 radical (unpaired) electrons. The zero-order valence-corrected chi connectivity index (χ0v) is 23.3. The SMILES string of the molecule is COC(=O)N1CCN(C(C)(C)C=C(C#N)C(=O)N2CCC[C@H](OC(=O)N[C@H](CB(O)O)c3ccccc3)C2)CC1. The maximum absolute atomic E-state index is 13.3. The Morgan fingerprint density at radius 2 is 1.82 bits per heavy atom. The monoisotopic (exact) mass is 555 g/mol. The molecule has 12 nitrogen and oxygen atoms in total. The van der Waals surface area contributed by atoms with Crippen molar-refractivity contribution in [1.82, 2.24) is 20.0 Å². The number of piperazine rings is 1. The number of carbonyl (C=O) groups is 3. The molecule has 1 aromatic carbocycles. The molecule has 3 rings (SSSR count). The van der Waals surface area contributed by atoms with E-state index in [-0.39, 0.29) is 24.5 Å². The summed E-state index contributed by atoms with van der Waals surface area (Å²) in [5.74, 6) is -0.428. The number of likely N-dealkylation sites (tertiary alicyclic amines) is 1. The first kappa shape index (κ1) is 30.9. The summed E-state index contributed by atoms with van der Waals surface area (Å²) in [5.41, 5.74) is 0.0933. The lowest BCUT2D eigenvalue weighted by molar-refractivity contribution is -0.129. The number of nitrogens with one attached hydrogen (secondary N) is 1. The van der Waals surface area contributed by atoms with E-state index in [2.05, 4.69) is 10.2 Å². The Bertz CT molecular complexity index is 1100. The highest BCUT2D eigenvalue weighted by molar-refractivity contribution is 6.41. The first-order chi connectivity index (χ1) is 19.0. The van der Waals surface area contributed by atoms with Crippen LogP contribution in [0.5, 0.6) is 0 Å². The normalized spacial score (nSPS) is 19.3. The fraction of sp³-hybridized carbons (Fsp3) is 0.556. The van der Waals surface area contributed by atoms with E-state index in [9.17, 15) is 29.7 Å². The van der Waals surface area contributed by atoms with Crippen molar-refractivity contribution in [2.24, 2.45) is 0 Å². The fourth-order valence-corrected chi connectivity index (χ4v) is 5.07. The number of hydrogen-bond acceptors (Lipinski definition) is 9. The minimum Gasteiger partial charge on any atom is -0.453 e. The van der Waals surface area contributed by atoms with Crippen molar-refractivity contribution in [2.45, 2.75) is 50.7 Å². The van der Waals surface area contributed by atoms with Crippen LogP contribution in [0.2, 0.25) is 6.32 Å². The highest BCUT2D eigenvalue weighted by atomic mass is 16.6. The molecule has 2 aliphatic heterocycles. The van der Waals surface area contributed by atoms with Crippen LogP contribution in [0.1, 0.15) is 38.3 Å². The first-order valence-corrected chi connectivity index (χ1v) is 13.4. The molecule has 0 aromatic heterocycles. The summed E-state index contributed by atoms with van der Waals surface area (Å²) in [6.07, 6.45) is 1.02. The molecule has 0 bridgehead atoms. The molecule has 1 aromatic rings. The summed E-state index contributed by atoms with van der Waals surface area (Å²) in [5, 5.41) is 31.4. The van der Waals surface area contributed by atoms with E-state index >= 15 is 0 Å². The number of amides is 3. The van der Waals surface area contributed by atoms with Crippen LogP contribution < -0.4 is 5.32 Å². The minimum atomic E-state index is -1.62. The third-order valence-corrected chi connectivity index (χ3v) is 7.26. The second kappa shape index (κ2) is 14.2. The summed E-state index contributed by atoms with van der Waals surface area (Å²) >= 11 is 0. The van der Waals surface area contributed by atoms with Crippen LogP contribution in [0, 0.1) is 11.3 Å². The highest BCUT2D eigenvalue weighted by Crippen LogP contribution is 2.23. The van der Waals surface area contributed by atoms with Gasteiger partial charge in [0.15, 0.2) is 0 Å². The molecule has 2 atom stereocenters. The van der Waals surface area contributed by atoms with Gasteiger partial charge in [-0.05, 0) is 38.3 Å².